The Hall–Kier alpha value is -3.24. The average molecular weight is 525 g/mol. The standard InChI is InChI=1S/C35H44N2O2/c1-5-27(28-16-9-6-10-17-28)24-31(29-18-11-7-12-19-29)25-32(30-20-13-8-14-21-30)33-26(2)34(38)37(35(33)39)23-15-22-36(3)4/h6-14,16-21,26-27,31-33H,5,15,22-25H2,1-4H3. The van der Waals surface area contributed by atoms with E-state index in [0.717, 1.165) is 37.8 Å². The summed E-state index contributed by atoms with van der Waals surface area (Å²) in [6, 6.07) is 31.9. The highest BCUT2D eigenvalue weighted by atomic mass is 16.2. The molecule has 0 aliphatic carbocycles. The molecule has 2 amide bonds. The molecule has 1 heterocycles. The lowest BCUT2D eigenvalue weighted by atomic mass is 9.71. The highest BCUT2D eigenvalue weighted by Crippen LogP contribution is 2.45. The fourth-order valence-corrected chi connectivity index (χ4v) is 6.39. The van der Waals surface area contributed by atoms with Crippen molar-refractivity contribution in [1.29, 1.82) is 0 Å². The van der Waals surface area contributed by atoms with Gasteiger partial charge in [-0.3, -0.25) is 14.5 Å². The molecule has 4 heteroatoms. The summed E-state index contributed by atoms with van der Waals surface area (Å²) < 4.78 is 0. The van der Waals surface area contributed by atoms with E-state index in [1.54, 1.807) is 4.90 Å². The van der Waals surface area contributed by atoms with Crippen LogP contribution in [0.2, 0.25) is 0 Å². The highest BCUT2D eigenvalue weighted by Gasteiger charge is 2.49. The summed E-state index contributed by atoms with van der Waals surface area (Å²) in [7, 11) is 4.04. The van der Waals surface area contributed by atoms with Crippen molar-refractivity contribution in [2.24, 2.45) is 11.8 Å². The molecule has 0 spiro atoms. The Morgan fingerprint density at radius 1 is 0.718 bits per heavy atom. The van der Waals surface area contributed by atoms with Gasteiger partial charge in [0.1, 0.15) is 0 Å². The monoisotopic (exact) mass is 524 g/mol. The molecule has 206 valence electrons. The molecule has 5 unspecified atom stereocenters. The van der Waals surface area contributed by atoms with Gasteiger partial charge in [-0.15, -0.1) is 0 Å². The molecule has 1 saturated heterocycles. The maximum atomic E-state index is 13.9. The zero-order valence-electron chi connectivity index (χ0n) is 24.0. The minimum Gasteiger partial charge on any atom is -0.309 e. The number of carbonyl (C=O) groups is 2. The maximum Gasteiger partial charge on any atom is 0.233 e. The van der Waals surface area contributed by atoms with Crippen LogP contribution in [0.3, 0.4) is 0 Å². The van der Waals surface area contributed by atoms with Crippen molar-refractivity contribution in [3.63, 3.8) is 0 Å². The lowest BCUT2D eigenvalue weighted by Crippen LogP contribution is -2.34. The molecule has 3 aromatic carbocycles. The minimum atomic E-state index is -0.345. The Kier molecular flexibility index (Phi) is 10.1. The number of hydrogen-bond acceptors (Lipinski definition) is 3. The van der Waals surface area contributed by atoms with E-state index in [0.29, 0.717) is 12.5 Å². The van der Waals surface area contributed by atoms with Crippen LogP contribution in [0.4, 0.5) is 0 Å². The number of rotatable bonds is 13. The van der Waals surface area contributed by atoms with Gasteiger partial charge in [-0.1, -0.05) is 105 Å². The largest absolute Gasteiger partial charge is 0.309 e. The number of hydrogen-bond donors (Lipinski definition) is 0. The Bertz CT molecular complexity index is 1180. The first-order chi connectivity index (χ1) is 18.9. The van der Waals surface area contributed by atoms with Gasteiger partial charge >= 0.3 is 0 Å². The summed E-state index contributed by atoms with van der Waals surface area (Å²) in [5.74, 6) is -0.0290. The van der Waals surface area contributed by atoms with E-state index in [9.17, 15) is 9.59 Å². The van der Waals surface area contributed by atoms with Crippen molar-refractivity contribution in [2.45, 2.75) is 57.3 Å². The Balaban J connectivity index is 1.67. The lowest BCUT2D eigenvalue weighted by molar-refractivity contribution is -0.140. The summed E-state index contributed by atoms with van der Waals surface area (Å²) in [6.07, 6.45) is 3.68. The lowest BCUT2D eigenvalue weighted by Gasteiger charge is -2.31. The molecule has 0 bridgehead atoms. The van der Waals surface area contributed by atoms with E-state index in [-0.39, 0.29) is 35.5 Å². The first-order valence-electron chi connectivity index (χ1n) is 14.6. The van der Waals surface area contributed by atoms with E-state index in [2.05, 4.69) is 96.8 Å². The topological polar surface area (TPSA) is 40.6 Å². The first kappa shape index (κ1) is 28.8. The number of imide groups is 1. The molecule has 1 aliphatic heterocycles. The summed E-state index contributed by atoms with van der Waals surface area (Å²) >= 11 is 0. The predicted molar refractivity (Wildman–Crippen MR) is 160 cm³/mol. The second-order valence-corrected chi connectivity index (χ2v) is 11.4. The number of nitrogens with zero attached hydrogens (tertiary/aromatic N) is 2. The van der Waals surface area contributed by atoms with E-state index in [4.69, 9.17) is 0 Å². The van der Waals surface area contributed by atoms with Gasteiger partial charge in [0.2, 0.25) is 11.8 Å². The second kappa shape index (κ2) is 13.7. The van der Waals surface area contributed by atoms with Gasteiger partial charge in [-0.05, 0) is 80.8 Å². The van der Waals surface area contributed by atoms with Crippen LogP contribution in [0.15, 0.2) is 91.0 Å². The fraction of sp³-hybridized carbons (Fsp3) is 0.429. The third-order valence-electron chi connectivity index (χ3n) is 8.54. The van der Waals surface area contributed by atoms with Gasteiger partial charge in [-0.2, -0.15) is 0 Å². The zero-order valence-corrected chi connectivity index (χ0v) is 24.0. The fourth-order valence-electron chi connectivity index (χ4n) is 6.39. The van der Waals surface area contributed by atoms with Crippen LogP contribution in [-0.2, 0) is 9.59 Å². The van der Waals surface area contributed by atoms with Crippen LogP contribution >= 0.6 is 0 Å². The van der Waals surface area contributed by atoms with Crippen LogP contribution in [-0.4, -0.2) is 48.8 Å². The zero-order chi connectivity index (χ0) is 27.8. The highest BCUT2D eigenvalue weighted by molar-refractivity contribution is 6.05. The Labute approximate surface area is 235 Å². The van der Waals surface area contributed by atoms with Gasteiger partial charge in [0.25, 0.3) is 0 Å². The van der Waals surface area contributed by atoms with Crippen LogP contribution in [0.25, 0.3) is 0 Å². The molecule has 3 aromatic rings. The third kappa shape index (κ3) is 7.05. The molecule has 4 nitrogen and oxygen atoms in total. The molecule has 1 aliphatic rings. The van der Waals surface area contributed by atoms with Gasteiger partial charge in [-0.25, -0.2) is 0 Å². The smallest absolute Gasteiger partial charge is 0.233 e. The van der Waals surface area contributed by atoms with Crippen LogP contribution in [0, 0.1) is 11.8 Å². The molecule has 39 heavy (non-hydrogen) atoms. The molecular weight excluding hydrogens is 480 g/mol. The van der Waals surface area contributed by atoms with Gasteiger partial charge in [0.05, 0.1) is 5.92 Å². The Morgan fingerprint density at radius 3 is 1.74 bits per heavy atom. The molecule has 5 atom stereocenters. The van der Waals surface area contributed by atoms with Crippen molar-refractivity contribution in [2.75, 3.05) is 27.2 Å². The quantitative estimate of drug-likeness (QED) is 0.224. The van der Waals surface area contributed by atoms with Gasteiger partial charge in [0, 0.05) is 12.5 Å². The molecule has 1 fully saturated rings. The summed E-state index contributed by atoms with van der Waals surface area (Å²) in [5, 5.41) is 0. The molecule has 0 radical (unpaired) electrons. The molecule has 0 aromatic heterocycles. The van der Waals surface area contributed by atoms with E-state index in [1.807, 2.05) is 27.1 Å². The molecule has 4 rings (SSSR count). The van der Waals surface area contributed by atoms with Crippen molar-refractivity contribution < 1.29 is 9.59 Å². The molecular formula is C35H44N2O2. The van der Waals surface area contributed by atoms with Crippen molar-refractivity contribution in [1.82, 2.24) is 9.80 Å². The normalized spacial score (nSPS) is 19.9. The molecule has 0 N–H and O–H groups in total. The van der Waals surface area contributed by atoms with Crippen molar-refractivity contribution in [3.8, 4) is 0 Å². The second-order valence-electron chi connectivity index (χ2n) is 11.4. The average Bonchev–Trinajstić information content (AvgIpc) is 3.17. The van der Waals surface area contributed by atoms with Crippen LogP contribution in [0.5, 0.6) is 0 Å². The van der Waals surface area contributed by atoms with Crippen molar-refractivity contribution >= 4 is 11.8 Å². The maximum absolute atomic E-state index is 13.9. The van der Waals surface area contributed by atoms with Gasteiger partial charge in [0.15, 0.2) is 0 Å². The van der Waals surface area contributed by atoms with Crippen molar-refractivity contribution in [3.05, 3.63) is 108 Å². The van der Waals surface area contributed by atoms with Crippen LogP contribution < -0.4 is 0 Å². The van der Waals surface area contributed by atoms with E-state index >= 15 is 0 Å². The molecule has 0 saturated carbocycles. The third-order valence-corrected chi connectivity index (χ3v) is 8.54. The summed E-state index contributed by atoms with van der Waals surface area (Å²) in [4.78, 5) is 31.0. The van der Waals surface area contributed by atoms with Gasteiger partial charge < -0.3 is 4.90 Å². The summed E-state index contributed by atoms with van der Waals surface area (Å²) in [5.41, 5.74) is 3.82. The summed E-state index contributed by atoms with van der Waals surface area (Å²) in [6.45, 7) is 5.57. The number of benzene rings is 3. The first-order valence-corrected chi connectivity index (χ1v) is 14.6. The van der Waals surface area contributed by atoms with E-state index in [1.165, 1.54) is 11.1 Å². The minimum absolute atomic E-state index is 0.00187. The number of likely N-dealkylation sites (tertiary alicyclic amines) is 1. The predicted octanol–water partition coefficient (Wildman–Crippen LogP) is 7.10. The van der Waals surface area contributed by atoms with Crippen LogP contribution in [0.1, 0.15) is 74.0 Å². The number of carbonyl (C=O) groups excluding carboxylic acids is 2. The number of amides is 2. The SMILES string of the molecule is CCC(CC(CC(c1ccccc1)C1C(=O)N(CCCN(C)C)C(=O)C1C)c1ccccc1)c1ccccc1. The Morgan fingerprint density at radius 2 is 1.23 bits per heavy atom. The van der Waals surface area contributed by atoms with E-state index < -0.39 is 0 Å².